The van der Waals surface area contributed by atoms with Crippen LogP contribution in [-0.2, 0) is 61.6 Å². The number of hydrogen-bond donors (Lipinski definition) is 0. The molecule has 0 aromatic heterocycles. The number of ether oxygens (including phenoxy) is 12. The van der Waals surface area contributed by atoms with Gasteiger partial charge in [-0.05, 0) is 74.3 Å². The van der Waals surface area contributed by atoms with Crippen molar-refractivity contribution in [3.63, 3.8) is 0 Å². The van der Waals surface area contributed by atoms with E-state index in [2.05, 4.69) is 40.5 Å². The van der Waals surface area contributed by atoms with Crippen LogP contribution < -0.4 is 0 Å². The van der Waals surface area contributed by atoms with Gasteiger partial charge in [0.2, 0.25) is 5.79 Å². The van der Waals surface area contributed by atoms with Gasteiger partial charge in [-0.2, -0.15) is 0 Å². The molecule has 0 amide bonds. The average Bonchev–Trinajstić information content (AvgIpc) is 3.76. The van der Waals surface area contributed by atoms with E-state index < -0.39 is 54.3 Å². The number of methoxy groups -OCH3 is 1. The van der Waals surface area contributed by atoms with Gasteiger partial charge in [0.05, 0.1) is 87.1 Å². The van der Waals surface area contributed by atoms with Gasteiger partial charge in [-0.3, -0.25) is 4.79 Å². The molecule has 11 rings (SSSR count). The second-order valence-corrected chi connectivity index (χ2v) is 19.6. The molecule has 11 aliphatic rings. The van der Waals surface area contributed by atoms with Crippen LogP contribution in [0.2, 0.25) is 0 Å². The molecule has 328 valence electrons. The fourth-order valence-corrected chi connectivity index (χ4v) is 12.5. The van der Waals surface area contributed by atoms with Gasteiger partial charge in [0.15, 0.2) is 5.79 Å². The van der Waals surface area contributed by atoms with Crippen molar-refractivity contribution in [1.29, 1.82) is 0 Å². The maximum atomic E-state index is 14.2. The zero-order valence-corrected chi connectivity index (χ0v) is 35.4. The molecule has 0 unspecified atom stereocenters. The zero-order chi connectivity index (χ0) is 40.8. The standard InChI is InChI=1S/C46H66O13/c1-8-15-49-46-22-45-14-13-30-17-24(3)31(50-30)11-9-28-16-23(2)26(5)33(51-28)20-35-39(27(6)38-34(53-35)18-25(4)36(55-38)21-48-7)56-37(47)19-29-10-12-32-40(52-29)41(57-45)42(58-46)43(54-32)44(46)59-45/h8,23,25,27-36,38-44H,1,3,5,9-22H2,2,4,6-7H3/t23-,25-,27+,28+,29-,30+,31+,32+,33-,34+,35+,36-,38+,39-,40+,41+,42+,43-,44-,45-,46+/m1/s1. The van der Waals surface area contributed by atoms with E-state index in [1.54, 1.807) is 13.2 Å². The molecule has 13 heteroatoms. The first-order valence-electron chi connectivity index (χ1n) is 22.7. The van der Waals surface area contributed by atoms with Crippen LogP contribution in [0, 0.1) is 17.8 Å². The number of carbonyl (C=O) groups is 1. The maximum absolute atomic E-state index is 14.2. The minimum atomic E-state index is -1.03. The number of carbonyl (C=O) groups excluding carboxylic acids is 1. The Morgan fingerprint density at radius 1 is 0.729 bits per heavy atom. The summed E-state index contributed by atoms with van der Waals surface area (Å²) in [5.41, 5.74) is 2.18. The second kappa shape index (κ2) is 16.1. The van der Waals surface area contributed by atoms with Crippen molar-refractivity contribution in [3.05, 3.63) is 37.0 Å². The van der Waals surface area contributed by atoms with Crippen molar-refractivity contribution in [2.75, 3.05) is 20.3 Å². The Morgan fingerprint density at radius 3 is 2.34 bits per heavy atom. The van der Waals surface area contributed by atoms with Crippen molar-refractivity contribution in [3.8, 4) is 0 Å². The third-order valence-electron chi connectivity index (χ3n) is 15.6. The van der Waals surface area contributed by atoms with Crippen molar-refractivity contribution < 1.29 is 61.6 Å². The Kier molecular flexibility index (Phi) is 11.3. The van der Waals surface area contributed by atoms with Crippen LogP contribution in [-0.4, -0.2) is 136 Å². The minimum Gasteiger partial charge on any atom is -0.459 e. The van der Waals surface area contributed by atoms with Crippen LogP contribution in [0.15, 0.2) is 37.0 Å². The van der Waals surface area contributed by atoms with Crippen LogP contribution in [0.25, 0.3) is 0 Å². The molecule has 1 spiro atoms. The molecular weight excluding hydrogens is 760 g/mol. The smallest absolute Gasteiger partial charge is 0.308 e. The summed E-state index contributed by atoms with van der Waals surface area (Å²) in [5.74, 6) is -1.94. The molecule has 0 saturated carbocycles. The van der Waals surface area contributed by atoms with Gasteiger partial charge in [0, 0.05) is 25.9 Å². The summed E-state index contributed by atoms with van der Waals surface area (Å²) in [6.45, 7) is 20.3. The highest BCUT2D eigenvalue weighted by atomic mass is 16.8. The molecule has 0 aromatic rings. The molecule has 0 N–H and O–H groups in total. The normalized spacial score (nSPS) is 53.2. The second-order valence-electron chi connectivity index (χ2n) is 19.6. The van der Waals surface area contributed by atoms with Crippen molar-refractivity contribution in [2.24, 2.45) is 17.8 Å². The molecule has 0 aliphatic carbocycles. The monoisotopic (exact) mass is 826 g/mol. The summed E-state index contributed by atoms with van der Waals surface area (Å²) < 4.78 is 80.4. The van der Waals surface area contributed by atoms with Crippen LogP contribution in [0.5, 0.6) is 0 Å². The van der Waals surface area contributed by atoms with Gasteiger partial charge in [0.1, 0.15) is 36.6 Å². The Bertz CT molecular complexity index is 1620. The van der Waals surface area contributed by atoms with Gasteiger partial charge in [0.25, 0.3) is 0 Å². The first kappa shape index (κ1) is 41.3. The molecule has 59 heavy (non-hydrogen) atoms. The van der Waals surface area contributed by atoms with Gasteiger partial charge < -0.3 is 56.8 Å². The molecule has 11 saturated heterocycles. The zero-order valence-electron chi connectivity index (χ0n) is 35.4. The highest BCUT2D eigenvalue weighted by Gasteiger charge is 2.75. The third kappa shape index (κ3) is 7.43. The van der Waals surface area contributed by atoms with E-state index in [-0.39, 0.29) is 85.1 Å². The predicted molar refractivity (Wildman–Crippen MR) is 211 cm³/mol. The lowest BCUT2D eigenvalue weighted by atomic mass is 9.78. The number of hydrogen-bond acceptors (Lipinski definition) is 13. The lowest BCUT2D eigenvalue weighted by Gasteiger charge is -2.51. The molecule has 0 aromatic carbocycles. The van der Waals surface area contributed by atoms with E-state index in [1.807, 2.05) is 0 Å². The SMILES string of the molecule is C=CCO[C@@]12C[C@]34CC[C@H]5CC(=C)[C@H](CC[C@H]6C[C@@H](C)C(=C)[C@@H](C[C@@H]7O[C@H]8C[C@@H](C)[C@@H](COC)O[C@H]8[C@H](C)[C@H]7OC(=O)C[C@H]7CC[C@@H]8O[C@H]([C@@H](O1)[C@@H](O3)[C@H]8O7)[C@H]2O4)O6)O5. The van der Waals surface area contributed by atoms with Crippen LogP contribution >= 0.6 is 0 Å². The largest absolute Gasteiger partial charge is 0.459 e. The molecule has 13 nitrogen and oxygen atoms in total. The van der Waals surface area contributed by atoms with Crippen LogP contribution in [0.1, 0.15) is 97.8 Å². The van der Waals surface area contributed by atoms with E-state index in [0.717, 1.165) is 49.7 Å². The van der Waals surface area contributed by atoms with Crippen LogP contribution in [0.4, 0.5) is 0 Å². The average molecular weight is 827 g/mol. The molecule has 11 fully saturated rings. The summed E-state index contributed by atoms with van der Waals surface area (Å²) >= 11 is 0. The summed E-state index contributed by atoms with van der Waals surface area (Å²) in [7, 11) is 1.70. The Balaban J connectivity index is 0.945. The van der Waals surface area contributed by atoms with Crippen LogP contribution in [0.3, 0.4) is 0 Å². The highest BCUT2D eigenvalue weighted by Crippen LogP contribution is 2.59. The number of rotatable bonds is 5. The van der Waals surface area contributed by atoms with Gasteiger partial charge in [-0.15, -0.1) is 6.58 Å². The summed E-state index contributed by atoms with van der Waals surface area (Å²) in [6.07, 6.45) is 5.05. The lowest BCUT2D eigenvalue weighted by Crippen LogP contribution is -2.62. The van der Waals surface area contributed by atoms with E-state index >= 15 is 0 Å². The Hall–Kier alpha value is -1.75. The number of fused-ring (bicyclic) bond motifs is 7. The van der Waals surface area contributed by atoms with Gasteiger partial charge >= 0.3 is 5.97 Å². The topological polar surface area (TPSA) is 128 Å². The first-order chi connectivity index (χ1) is 28.4. The highest BCUT2D eigenvalue weighted by molar-refractivity contribution is 5.70. The fraction of sp³-hybridized carbons (Fsp3) is 0.848. The summed E-state index contributed by atoms with van der Waals surface area (Å²) in [6, 6.07) is 0. The maximum Gasteiger partial charge on any atom is 0.308 e. The first-order valence-corrected chi connectivity index (χ1v) is 22.7. The van der Waals surface area contributed by atoms with E-state index in [9.17, 15) is 4.79 Å². The molecule has 21 atom stereocenters. The van der Waals surface area contributed by atoms with Crippen molar-refractivity contribution in [1.82, 2.24) is 0 Å². The number of esters is 1. The minimum absolute atomic E-state index is 0.0129. The van der Waals surface area contributed by atoms with Gasteiger partial charge in [-0.1, -0.05) is 40.0 Å². The fourth-order valence-electron chi connectivity index (χ4n) is 12.5. The molecule has 11 heterocycles. The van der Waals surface area contributed by atoms with E-state index in [4.69, 9.17) is 56.8 Å². The van der Waals surface area contributed by atoms with E-state index in [0.29, 0.717) is 45.3 Å². The third-order valence-corrected chi connectivity index (χ3v) is 15.6. The Labute approximate surface area is 349 Å². The predicted octanol–water partition coefficient (Wildman–Crippen LogP) is 5.66. The van der Waals surface area contributed by atoms with Gasteiger partial charge in [-0.25, -0.2) is 0 Å². The quantitative estimate of drug-likeness (QED) is 0.250. The molecule has 12 bridgehead atoms. The van der Waals surface area contributed by atoms with Crippen molar-refractivity contribution in [2.45, 2.75) is 207 Å². The summed E-state index contributed by atoms with van der Waals surface area (Å²) in [5, 5.41) is 0. The molecular formula is C46H66O13. The lowest BCUT2D eigenvalue weighted by molar-refractivity contribution is -0.305. The Morgan fingerprint density at radius 2 is 1.51 bits per heavy atom. The summed E-state index contributed by atoms with van der Waals surface area (Å²) in [4.78, 5) is 14.2. The molecule has 0 radical (unpaired) electrons. The van der Waals surface area contributed by atoms with Crippen molar-refractivity contribution >= 4 is 5.97 Å². The molecule has 11 aliphatic heterocycles. The van der Waals surface area contributed by atoms with E-state index in [1.165, 1.54) is 0 Å².